The predicted octanol–water partition coefficient (Wildman–Crippen LogP) is 3.88. The molecule has 106 valence electrons. The van der Waals surface area contributed by atoms with Crippen molar-refractivity contribution in [1.29, 1.82) is 0 Å². The molecule has 0 aromatic heterocycles. The predicted molar refractivity (Wildman–Crippen MR) is 80.7 cm³/mol. The lowest BCUT2D eigenvalue weighted by Gasteiger charge is -2.17. The second-order valence-electron chi connectivity index (χ2n) is 6.15. The molecule has 0 aliphatic heterocycles. The van der Waals surface area contributed by atoms with Crippen LogP contribution in [0.1, 0.15) is 57.1 Å². The Kier molecular flexibility index (Phi) is 4.87. The molecular formula is C17H27NO. The number of hydrogen-bond donors (Lipinski definition) is 1. The van der Waals surface area contributed by atoms with E-state index < -0.39 is 0 Å². The van der Waals surface area contributed by atoms with Crippen molar-refractivity contribution in [2.75, 3.05) is 6.61 Å². The molecule has 1 unspecified atom stereocenters. The zero-order valence-electron chi connectivity index (χ0n) is 12.5. The lowest BCUT2D eigenvalue weighted by Crippen LogP contribution is -2.22. The fraction of sp³-hybridized carbons (Fsp3) is 0.647. The van der Waals surface area contributed by atoms with Crippen LogP contribution in [0.2, 0.25) is 0 Å². The van der Waals surface area contributed by atoms with Crippen LogP contribution in [0.15, 0.2) is 18.2 Å². The van der Waals surface area contributed by atoms with Crippen molar-refractivity contribution in [3.63, 3.8) is 0 Å². The molecule has 1 aromatic carbocycles. The molecule has 1 aliphatic carbocycles. The molecule has 1 aliphatic rings. The minimum Gasteiger partial charge on any atom is -0.493 e. The first-order valence-electron chi connectivity index (χ1n) is 7.61. The summed E-state index contributed by atoms with van der Waals surface area (Å²) in [6.45, 7) is 7.46. The molecular weight excluding hydrogens is 234 g/mol. The molecule has 0 bridgehead atoms. The highest BCUT2D eigenvalue weighted by Gasteiger charge is 2.22. The highest BCUT2D eigenvalue weighted by Crippen LogP contribution is 2.31. The van der Waals surface area contributed by atoms with Crippen LogP contribution in [-0.2, 0) is 6.42 Å². The summed E-state index contributed by atoms with van der Waals surface area (Å²) >= 11 is 0. The van der Waals surface area contributed by atoms with E-state index in [9.17, 15) is 0 Å². The molecule has 1 aromatic rings. The Morgan fingerprint density at radius 3 is 2.63 bits per heavy atom. The molecule has 2 rings (SSSR count). The summed E-state index contributed by atoms with van der Waals surface area (Å²) in [5.41, 5.74) is 8.76. The minimum atomic E-state index is 0.227. The molecule has 19 heavy (non-hydrogen) atoms. The lowest BCUT2D eigenvalue weighted by molar-refractivity contribution is 0.296. The maximum Gasteiger partial charge on any atom is 0.122 e. The first-order chi connectivity index (χ1) is 9.10. The second kappa shape index (κ2) is 6.42. The average Bonchev–Trinajstić information content (AvgIpc) is 3.20. The maximum atomic E-state index is 6.11. The van der Waals surface area contributed by atoms with Crippen molar-refractivity contribution in [3.8, 4) is 5.75 Å². The van der Waals surface area contributed by atoms with Crippen molar-refractivity contribution in [1.82, 2.24) is 0 Å². The largest absolute Gasteiger partial charge is 0.493 e. The van der Waals surface area contributed by atoms with Gasteiger partial charge in [0.2, 0.25) is 0 Å². The molecule has 0 radical (unpaired) electrons. The van der Waals surface area contributed by atoms with E-state index in [4.69, 9.17) is 10.5 Å². The molecule has 1 saturated carbocycles. The summed E-state index contributed by atoms with van der Waals surface area (Å²) in [7, 11) is 0. The standard InChI is InChI=1S/C17H27NO/c1-4-16(18)10-15-9-14(12(2)3)7-8-17(15)19-11-13-5-6-13/h7-9,12-13,16H,4-6,10-11,18H2,1-3H3. The van der Waals surface area contributed by atoms with Crippen LogP contribution in [0.25, 0.3) is 0 Å². The normalized spacial score (nSPS) is 16.7. The molecule has 1 fully saturated rings. The van der Waals surface area contributed by atoms with Gasteiger partial charge >= 0.3 is 0 Å². The van der Waals surface area contributed by atoms with Crippen LogP contribution < -0.4 is 10.5 Å². The Bertz CT molecular complexity index is 410. The Balaban J connectivity index is 2.13. The van der Waals surface area contributed by atoms with Crippen LogP contribution in [0.5, 0.6) is 5.75 Å². The zero-order valence-corrected chi connectivity index (χ0v) is 12.5. The molecule has 2 nitrogen and oxygen atoms in total. The van der Waals surface area contributed by atoms with Gasteiger partial charge in [0.25, 0.3) is 0 Å². The molecule has 0 amide bonds. The Labute approximate surface area is 117 Å². The first kappa shape index (κ1) is 14.4. The summed E-state index contributed by atoms with van der Waals surface area (Å²) in [5, 5.41) is 0. The van der Waals surface area contributed by atoms with Crippen LogP contribution in [0, 0.1) is 5.92 Å². The number of hydrogen-bond acceptors (Lipinski definition) is 2. The van der Waals surface area contributed by atoms with E-state index in [2.05, 4.69) is 39.0 Å². The van der Waals surface area contributed by atoms with Gasteiger partial charge < -0.3 is 10.5 Å². The van der Waals surface area contributed by atoms with Gasteiger partial charge in [-0.1, -0.05) is 32.9 Å². The number of nitrogens with two attached hydrogens (primary N) is 1. The van der Waals surface area contributed by atoms with Crippen molar-refractivity contribution in [3.05, 3.63) is 29.3 Å². The maximum absolute atomic E-state index is 6.11. The number of benzene rings is 1. The highest BCUT2D eigenvalue weighted by molar-refractivity contribution is 5.39. The Morgan fingerprint density at radius 1 is 1.32 bits per heavy atom. The van der Waals surface area contributed by atoms with E-state index in [-0.39, 0.29) is 6.04 Å². The van der Waals surface area contributed by atoms with Gasteiger partial charge in [0.15, 0.2) is 0 Å². The smallest absolute Gasteiger partial charge is 0.122 e. The van der Waals surface area contributed by atoms with Gasteiger partial charge in [-0.25, -0.2) is 0 Å². The Morgan fingerprint density at radius 2 is 2.05 bits per heavy atom. The summed E-state index contributed by atoms with van der Waals surface area (Å²) in [5.74, 6) is 2.38. The van der Waals surface area contributed by atoms with E-state index in [1.807, 2.05) is 0 Å². The van der Waals surface area contributed by atoms with Gasteiger partial charge in [-0.3, -0.25) is 0 Å². The van der Waals surface area contributed by atoms with Gasteiger partial charge in [-0.2, -0.15) is 0 Å². The zero-order chi connectivity index (χ0) is 13.8. The molecule has 2 N–H and O–H groups in total. The molecule has 0 heterocycles. The highest BCUT2D eigenvalue weighted by atomic mass is 16.5. The third kappa shape index (κ3) is 4.24. The van der Waals surface area contributed by atoms with Crippen molar-refractivity contribution >= 4 is 0 Å². The summed E-state index contributed by atoms with van der Waals surface area (Å²) in [6, 6.07) is 6.83. The summed E-state index contributed by atoms with van der Waals surface area (Å²) in [6.07, 6.45) is 4.58. The topological polar surface area (TPSA) is 35.2 Å². The lowest BCUT2D eigenvalue weighted by atomic mass is 9.96. The van der Waals surface area contributed by atoms with Crippen molar-refractivity contribution < 1.29 is 4.74 Å². The van der Waals surface area contributed by atoms with Gasteiger partial charge in [0.05, 0.1) is 6.61 Å². The quantitative estimate of drug-likeness (QED) is 0.808. The van der Waals surface area contributed by atoms with Gasteiger partial charge in [0.1, 0.15) is 5.75 Å². The number of rotatable bonds is 7. The molecule has 0 saturated heterocycles. The van der Waals surface area contributed by atoms with E-state index in [1.54, 1.807) is 0 Å². The summed E-state index contributed by atoms with van der Waals surface area (Å²) < 4.78 is 5.99. The third-order valence-electron chi connectivity index (χ3n) is 3.93. The van der Waals surface area contributed by atoms with Crippen molar-refractivity contribution in [2.45, 2.75) is 58.4 Å². The Hall–Kier alpha value is -1.02. The first-order valence-corrected chi connectivity index (χ1v) is 7.61. The van der Waals surface area contributed by atoms with Gasteiger partial charge in [0, 0.05) is 6.04 Å². The number of ether oxygens (including phenoxy) is 1. The van der Waals surface area contributed by atoms with E-state index in [1.165, 1.54) is 24.0 Å². The molecule has 0 spiro atoms. The van der Waals surface area contributed by atoms with E-state index >= 15 is 0 Å². The summed E-state index contributed by atoms with van der Waals surface area (Å²) in [4.78, 5) is 0. The third-order valence-corrected chi connectivity index (χ3v) is 3.93. The van der Waals surface area contributed by atoms with Crippen LogP contribution in [-0.4, -0.2) is 12.6 Å². The second-order valence-corrected chi connectivity index (χ2v) is 6.15. The fourth-order valence-corrected chi connectivity index (χ4v) is 2.18. The monoisotopic (exact) mass is 261 g/mol. The molecule has 1 atom stereocenters. The minimum absolute atomic E-state index is 0.227. The van der Waals surface area contributed by atoms with Crippen LogP contribution >= 0.6 is 0 Å². The van der Waals surface area contributed by atoms with E-state index in [0.717, 1.165) is 31.1 Å². The van der Waals surface area contributed by atoms with Crippen molar-refractivity contribution in [2.24, 2.45) is 11.7 Å². The average molecular weight is 261 g/mol. The van der Waals surface area contributed by atoms with Crippen LogP contribution in [0.4, 0.5) is 0 Å². The van der Waals surface area contributed by atoms with E-state index in [0.29, 0.717) is 5.92 Å². The van der Waals surface area contributed by atoms with Gasteiger partial charge in [-0.15, -0.1) is 0 Å². The molecule has 2 heteroatoms. The fourth-order valence-electron chi connectivity index (χ4n) is 2.18. The van der Waals surface area contributed by atoms with Gasteiger partial charge in [-0.05, 0) is 54.7 Å². The SMILES string of the molecule is CCC(N)Cc1cc(C(C)C)ccc1OCC1CC1. The van der Waals surface area contributed by atoms with Crippen LogP contribution in [0.3, 0.4) is 0 Å².